The van der Waals surface area contributed by atoms with Crippen molar-refractivity contribution in [2.45, 2.75) is 25.8 Å². The fourth-order valence-corrected chi connectivity index (χ4v) is 2.20. The van der Waals surface area contributed by atoms with E-state index in [4.69, 9.17) is 0 Å². The highest BCUT2D eigenvalue weighted by molar-refractivity contribution is 5.58. The zero-order chi connectivity index (χ0) is 11.0. The molecule has 0 saturated carbocycles. The highest BCUT2D eigenvalue weighted by Crippen LogP contribution is 2.22. The smallest absolute Gasteiger partial charge is 0.123 e. The van der Waals surface area contributed by atoms with Gasteiger partial charge in [-0.2, -0.15) is 0 Å². The first kappa shape index (κ1) is 9.58. The Hall–Kier alpha value is -1.64. The van der Waals surface area contributed by atoms with E-state index in [1.165, 1.54) is 25.0 Å². The van der Waals surface area contributed by atoms with Crippen molar-refractivity contribution in [1.82, 2.24) is 9.55 Å². The van der Waals surface area contributed by atoms with Gasteiger partial charge in [0.2, 0.25) is 0 Å². The number of fused-ring (bicyclic) bond motifs is 1. The van der Waals surface area contributed by atoms with E-state index < -0.39 is 0 Å². The first-order chi connectivity index (χ1) is 7.83. The van der Waals surface area contributed by atoms with Crippen LogP contribution >= 0.6 is 0 Å². The van der Waals surface area contributed by atoms with Crippen LogP contribution in [0.4, 0.5) is 4.39 Å². The predicted molar refractivity (Wildman–Crippen MR) is 60.6 cm³/mol. The largest absolute Gasteiger partial charge is 0.334 e. The molecule has 16 heavy (non-hydrogen) atoms. The molecular formula is C13H13FN2. The molecule has 0 unspecified atom stereocenters. The van der Waals surface area contributed by atoms with Crippen LogP contribution in [-0.4, -0.2) is 9.55 Å². The van der Waals surface area contributed by atoms with Crippen molar-refractivity contribution in [3.05, 3.63) is 42.1 Å². The lowest BCUT2D eigenvalue weighted by molar-refractivity contribution is 0.522. The minimum absolute atomic E-state index is 0.205. The maximum atomic E-state index is 13.1. The highest BCUT2D eigenvalue weighted by atomic mass is 19.1. The van der Waals surface area contributed by atoms with Crippen LogP contribution in [0.1, 0.15) is 18.7 Å². The Kier molecular flexibility index (Phi) is 2.24. The molecule has 82 valence electrons. The molecule has 0 spiro atoms. The number of benzene rings is 1. The van der Waals surface area contributed by atoms with Crippen molar-refractivity contribution >= 4 is 0 Å². The molecule has 2 aromatic rings. The average Bonchev–Trinajstić information content (AvgIpc) is 2.72. The van der Waals surface area contributed by atoms with Crippen LogP contribution < -0.4 is 0 Å². The molecule has 1 aliphatic rings. The Bertz CT molecular complexity index is 493. The van der Waals surface area contributed by atoms with Crippen LogP contribution in [0.15, 0.2) is 30.5 Å². The molecule has 1 aromatic carbocycles. The molecule has 3 rings (SSSR count). The Morgan fingerprint density at radius 2 is 2.19 bits per heavy atom. The molecule has 0 atom stereocenters. The number of aromatic nitrogens is 2. The van der Waals surface area contributed by atoms with Gasteiger partial charge in [0.15, 0.2) is 0 Å². The van der Waals surface area contributed by atoms with Gasteiger partial charge in [-0.3, -0.25) is 0 Å². The summed E-state index contributed by atoms with van der Waals surface area (Å²) in [5.41, 5.74) is 1.75. The molecule has 2 heterocycles. The molecule has 1 aliphatic heterocycles. The average molecular weight is 216 g/mol. The molecule has 0 amide bonds. The summed E-state index contributed by atoms with van der Waals surface area (Å²) in [5, 5.41) is 0. The van der Waals surface area contributed by atoms with E-state index in [1.54, 1.807) is 6.07 Å². The van der Waals surface area contributed by atoms with Gasteiger partial charge in [0, 0.05) is 24.7 Å². The van der Waals surface area contributed by atoms with Crippen LogP contribution in [0, 0.1) is 5.82 Å². The lowest BCUT2D eigenvalue weighted by Gasteiger charge is -2.11. The third-order valence-corrected chi connectivity index (χ3v) is 3.03. The van der Waals surface area contributed by atoms with E-state index in [1.807, 2.05) is 12.3 Å². The number of hydrogen-bond acceptors (Lipinski definition) is 1. The fraction of sp³-hybridized carbons (Fsp3) is 0.308. The molecule has 2 nitrogen and oxygen atoms in total. The summed E-state index contributed by atoms with van der Waals surface area (Å²) in [7, 11) is 0. The van der Waals surface area contributed by atoms with E-state index in [2.05, 4.69) is 9.55 Å². The summed E-state index contributed by atoms with van der Waals surface area (Å²) >= 11 is 0. The van der Waals surface area contributed by atoms with Gasteiger partial charge < -0.3 is 4.57 Å². The number of aryl methyl sites for hydroxylation is 2. The minimum atomic E-state index is -0.205. The van der Waals surface area contributed by atoms with Crippen LogP contribution in [-0.2, 0) is 13.0 Å². The Morgan fingerprint density at radius 3 is 3.00 bits per heavy atom. The molecular weight excluding hydrogens is 203 g/mol. The van der Waals surface area contributed by atoms with Crippen molar-refractivity contribution in [1.29, 1.82) is 0 Å². The van der Waals surface area contributed by atoms with Crippen molar-refractivity contribution in [3.8, 4) is 11.3 Å². The van der Waals surface area contributed by atoms with Crippen molar-refractivity contribution < 1.29 is 4.39 Å². The second kappa shape index (κ2) is 3.74. The predicted octanol–water partition coefficient (Wildman–Crippen LogP) is 3.03. The number of rotatable bonds is 1. The summed E-state index contributed by atoms with van der Waals surface area (Å²) in [4.78, 5) is 4.56. The third-order valence-electron chi connectivity index (χ3n) is 3.03. The van der Waals surface area contributed by atoms with Gasteiger partial charge >= 0.3 is 0 Å². The topological polar surface area (TPSA) is 17.8 Å². The molecule has 0 N–H and O–H groups in total. The van der Waals surface area contributed by atoms with E-state index in [0.717, 1.165) is 30.0 Å². The van der Waals surface area contributed by atoms with Gasteiger partial charge in [0.05, 0.1) is 5.69 Å². The molecule has 0 radical (unpaired) electrons. The summed E-state index contributed by atoms with van der Waals surface area (Å²) in [6, 6.07) is 6.62. The van der Waals surface area contributed by atoms with Gasteiger partial charge in [-0.05, 0) is 25.0 Å². The fourth-order valence-electron chi connectivity index (χ4n) is 2.20. The second-order valence-corrected chi connectivity index (χ2v) is 4.20. The number of hydrogen-bond donors (Lipinski definition) is 0. The van der Waals surface area contributed by atoms with Crippen LogP contribution in [0.25, 0.3) is 11.3 Å². The maximum absolute atomic E-state index is 13.1. The minimum Gasteiger partial charge on any atom is -0.334 e. The molecule has 0 fully saturated rings. The first-order valence-corrected chi connectivity index (χ1v) is 5.65. The molecule has 1 aromatic heterocycles. The van der Waals surface area contributed by atoms with Gasteiger partial charge in [-0.25, -0.2) is 9.37 Å². The van der Waals surface area contributed by atoms with E-state index in [9.17, 15) is 4.39 Å². The lowest BCUT2D eigenvalue weighted by Crippen LogP contribution is -2.08. The summed E-state index contributed by atoms with van der Waals surface area (Å²) in [6.45, 7) is 1.04. The standard InChI is InChI=1S/C13H13FN2/c14-11-5-3-4-10(8-11)12-9-16-7-2-1-6-13(16)15-12/h3-5,8-9H,1-2,6-7H2. The van der Waals surface area contributed by atoms with Crippen LogP contribution in [0.2, 0.25) is 0 Å². The maximum Gasteiger partial charge on any atom is 0.123 e. The Balaban J connectivity index is 2.03. The zero-order valence-electron chi connectivity index (χ0n) is 8.99. The van der Waals surface area contributed by atoms with Crippen LogP contribution in [0.5, 0.6) is 0 Å². The normalized spacial score (nSPS) is 14.8. The van der Waals surface area contributed by atoms with Gasteiger partial charge in [0.1, 0.15) is 11.6 Å². The quantitative estimate of drug-likeness (QED) is 0.716. The van der Waals surface area contributed by atoms with Crippen molar-refractivity contribution in [3.63, 3.8) is 0 Å². The second-order valence-electron chi connectivity index (χ2n) is 4.20. The van der Waals surface area contributed by atoms with Gasteiger partial charge in [-0.15, -0.1) is 0 Å². The highest BCUT2D eigenvalue weighted by Gasteiger charge is 2.13. The summed E-state index contributed by atoms with van der Waals surface area (Å²) in [6.07, 6.45) is 5.49. The first-order valence-electron chi connectivity index (χ1n) is 5.65. The molecule has 0 aliphatic carbocycles. The molecule has 3 heteroatoms. The number of imidazole rings is 1. The number of halogens is 1. The Morgan fingerprint density at radius 1 is 1.25 bits per heavy atom. The van der Waals surface area contributed by atoms with Gasteiger partial charge in [0.25, 0.3) is 0 Å². The van der Waals surface area contributed by atoms with E-state index in [0.29, 0.717) is 0 Å². The monoisotopic (exact) mass is 216 g/mol. The molecule has 0 saturated heterocycles. The summed E-state index contributed by atoms with van der Waals surface area (Å²) < 4.78 is 15.3. The van der Waals surface area contributed by atoms with Gasteiger partial charge in [-0.1, -0.05) is 12.1 Å². The SMILES string of the molecule is Fc1cccc(-c2cn3c(n2)CCCC3)c1. The van der Waals surface area contributed by atoms with Crippen LogP contribution in [0.3, 0.4) is 0 Å². The van der Waals surface area contributed by atoms with Crippen molar-refractivity contribution in [2.75, 3.05) is 0 Å². The third kappa shape index (κ3) is 1.62. The van der Waals surface area contributed by atoms with E-state index in [-0.39, 0.29) is 5.82 Å². The summed E-state index contributed by atoms with van der Waals surface area (Å²) in [5.74, 6) is 0.925. The Labute approximate surface area is 93.7 Å². The lowest BCUT2D eigenvalue weighted by atomic mass is 10.2. The number of nitrogens with zero attached hydrogens (tertiary/aromatic N) is 2. The zero-order valence-corrected chi connectivity index (χ0v) is 8.99. The van der Waals surface area contributed by atoms with Crippen molar-refractivity contribution in [2.24, 2.45) is 0 Å². The van der Waals surface area contributed by atoms with E-state index >= 15 is 0 Å². The molecule has 0 bridgehead atoms.